The Hall–Kier alpha value is -0.570. The van der Waals surface area contributed by atoms with E-state index in [9.17, 15) is 4.79 Å². The predicted molar refractivity (Wildman–Crippen MR) is 32.7 cm³/mol. The number of rotatable bonds is 0. The van der Waals surface area contributed by atoms with E-state index in [0.717, 1.165) is 0 Å². The van der Waals surface area contributed by atoms with Crippen molar-refractivity contribution in [3.05, 3.63) is 0 Å². The van der Waals surface area contributed by atoms with Crippen LogP contribution >= 0.6 is 0 Å². The molecule has 1 unspecified atom stereocenters. The minimum atomic E-state index is -0.403. The molecular weight excluding hydrogens is 118 g/mol. The third-order valence-corrected chi connectivity index (χ3v) is 1.88. The van der Waals surface area contributed by atoms with Crippen LogP contribution in [0.3, 0.4) is 0 Å². The number of carbonyl (C=O) groups excluding carboxylic acids is 1. The molecule has 0 aromatic rings. The normalized spacial score (nSPS) is 43.0. The van der Waals surface area contributed by atoms with E-state index in [0.29, 0.717) is 0 Å². The van der Waals surface area contributed by atoms with Crippen LogP contribution < -0.4 is 5.73 Å². The van der Waals surface area contributed by atoms with Crippen molar-refractivity contribution < 1.29 is 9.53 Å². The summed E-state index contributed by atoms with van der Waals surface area (Å²) in [6.07, 6.45) is -0.00694. The summed E-state index contributed by atoms with van der Waals surface area (Å²) in [5.74, 6) is -0.104. The molecule has 3 nitrogen and oxygen atoms in total. The fourth-order valence-electron chi connectivity index (χ4n) is 0.876. The van der Waals surface area contributed by atoms with Gasteiger partial charge < -0.3 is 10.5 Å². The van der Waals surface area contributed by atoms with Gasteiger partial charge in [-0.3, -0.25) is 4.79 Å². The van der Waals surface area contributed by atoms with E-state index in [-0.39, 0.29) is 18.0 Å². The van der Waals surface area contributed by atoms with E-state index < -0.39 is 6.04 Å². The lowest BCUT2D eigenvalue weighted by molar-refractivity contribution is -0.141. The van der Waals surface area contributed by atoms with Crippen molar-refractivity contribution in [3.8, 4) is 0 Å². The first-order valence-electron chi connectivity index (χ1n) is 3.09. The SMILES string of the molecule is C[C@@H]1OC(=O)C(N)[C@H]1C. The van der Waals surface area contributed by atoms with Gasteiger partial charge in [0.15, 0.2) is 0 Å². The fraction of sp³-hybridized carbons (Fsp3) is 0.833. The number of hydrogen-bond donors (Lipinski definition) is 1. The summed E-state index contributed by atoms with van der Waals surface area (Å²) in [4.78, 5) is 10.6. The van der Waals surface area contributed by atoms with Crippen molar-refractivity contribution in [3.63, 3.8) is 0 Å². The first-order valence-corrected chi connectivity index (χ1v) is 3.09. The lowest BCUT2D eigenvalue weighted by atomic mass is 10.0. The smallest absolute Gasteiger partial charge is 0.323 e. The minimum Gasteiger partial charge on any atom is -0.461 e. The summed E-state index contributed by atoms with van der Waals surface area (Å²) < 4.78 is 4.82. The van der Waals surface area contributed by atoms with Crippen LogP contribution in [0.1, 0.15) is 13.8 Å². The van der Waals surface area contributed by atoms with Gasteiger partial charge in [-0.15, -0.1) is 0 Å². The monoisotopic (exact) mass is 129 g/mol. The van der Waals surface area contributed by atoms with E-state index >= 15 is 0 Å². The van der Waals surface area contributed by atoms with E-state index in [4.69, 9.17) is 10.5 Å². The number of carbonyl (C=O) groups is 1. The molecule has 1 rings (SSSR count). The molecule has 0 radical (unpaired) electrons. The van der Waals surface area contributed by atoms with Crippen LogP contribution in [0, 0.1) is 5.92 Å². The second-order valence-electron chi connectivity index (χ2n) is 2.53. The largest absolute Gasteiger partial charge is 0.461 e. The summed E-state index contributed by atoms with van der Waals surface area (Å²) in [7, 11) is 0. The molecule has 3 heteroatoms. The minimum absolute atomic E-state index is 0.00694. The Morgan fingerprint density at radius 3 is 2.22 bits per heavy atom. The zero-order valence-electron chi connectivity index (χ0n) is 5.63. The molecular formula is C6H11NO2. The molecule has 1 aliphatic rings. The molecule has 0 aromatic carbocycles. The standard InChI is InChI=1S/C6H11NO2/c1-3-4(2)9-6(8)5(3)7/h3-5H,7H2,1-2H3/t3-,4-,5?/m0/s1. The molecule has 0 spiro atoms. The van der Waals surface area contributed by atoms with Crippen LogP contribution in [0.15, 0.2) is 0 Å². The summed E-state index contributed by atoms with van der Waals surface area (Å²) >= 11 is 0. The maximum atomic E-state index is 10.6. The van der Waals surface area contributed by atoms with Crippen LogP contribution in [0.25, 0.3) is 0 Å². The maximum absolute atomic E-state index is 10.6. The van der Waals surface area contributed by atoms with E-state index in [2.05, 4.69) is 0 Å². The molecule has 2 N–H and O–H groups in total. The first-order chi connectivity index (χ1) is 4.13. The number of esters is 1. The molecule has 0 saturated carbocycles. The van der Waals surface area contributed by atoms with Crippen molar-refractivity contribution in [1.29, 1.82) is 0 Å². The van der Waals surface area contributed by atoms with Crippen LogP contribution in [0.2, 0.25) is 0 Å². The third-order valence-electron chi connectivity index (χ3n) is 1.88. The predicted octanol–water partition coefficient (Wildman–Crippen LogP) is -0.105. The molecule has 1 saturated heterocycles. The zero-order valence-corrected chi connectivity index (χ0v) is 5.63. The van der Waals surface area contributed by atoms with Crippen molar-refractivity contribution in [2.24, 2.45) is 11.7 Å². The number of hydrogen-bond acceptors (Lipinski definition) is 3. The number of nitrogens with two attached hydrogens (primary N) is 1. The first kappa shape index (κ1) is 6.55. The van der Waals surface area contributed by atoms with Crippen LogP contribution in [-0.2, 0) is 9.53 Å². The van der Waals surface area contributed by atoms with Crippen LogP contribution in [0.5, 0.6) is 0 Å². The molecule has 0 aliphatic carbocycles. The molecule has 1 aliphatic heterocycles. The fourth-order valence-corrected chi connectivity index (χ4v) is 0.876. The Morgan fingerprint density at radius 2 is 2.11 bits per heavy atom. The van der Waals surface area contributed by atoms with Gasteiger partial charge in [-0.2, -0.15) is 0 Å². The average Bonchev–Trinajstić information content (AvgIpc) is 1.98. The molecule has 3 atom stereocenters. The Balaban J connectivity index is 2.65. The van der Waals surface area contributed by atoms with Gasteiger partial charge in [0.2, 0.25) is 0 Å². The second kappa shape index (κ2) is 1.99. The lowest BCUT2D eigenvalue weighted by Gasteiger charge is -2.06. The second-order valence-corrected chi connectivity index (χ2v) is 2.53. The van der Waals surface area contributed by atoms with Crippen molar-refractivity contribution >= 4 is 5.97 Å². The summed E-state index contributed by atoms with van der Waals surface area (Å²) in [5, 5.41) is 0. The van der Waals surface area contributed by atoms with Gasteiger partial charge in [0.1, 0.15) is 12.1 Å². The molecule has 0 bridgehead atoms. The molecule has 1 fully saturated rings. The van der Waals surface area contributed by atoms with Crippen LogP contribution in [-0.4, -0.2) is 18.1 Å². The lowest BCUT2D eigenvalue weighted by Crippen LogP contribution is -2.31. The Bertz CT molecular complexity index is 135. The third kappa shape index (κ3) is 0.920. The Kier molecular flexibility index (Phi) is 1.45. The van der Waals surface area contributed by atoms with E-state index in [1.807, 2.05) is 13.8 Å². The number of ether oxygens (including phenoxy) is 1. The highest BCUT2D eigenvalue weighted by Gasteiger charge is 2.36. The van der Waals surface area contributed by atoms with Gasteiger partial charge in [0.05, 0.1) is 0 Å². The highest BCUT2D eigenvalue weighted by Crippen LogP contribution is 2.19. The van der Waals surface area contributed by atoms with Crippen molar-refractivity contribution in [2.75, 3.05) is 0 Å². The molecule has 0 aromatic heterocycles. The summed E-state index contributed by atoms with van der Waals surface area (Å²) in [5.41, 5.74) is 5.44. The molecule has 52 valence electrons. The van der Waals surface area contributed by atoms with Crippen molar-refractivity contribution in [2.45, 2.75) is 26.0 Å². The topological polar surface area (TPSA) is 52.3 Å². The molecule has 0 amide bonds. The quantitative estimate of drug-likeness (QED) is 0.464. The van der Waals surface area contributed by atoms with Gasteiger partial charge in [-0.05, 0) is 6.92 Å². The van der Waals surface area contributed by atoms with Crippen molar-refractivity contribution in [1.82, 2.24) is 0 Å². The van der Waals surface area contributed by atoms with Crippen LogP contribution in [0.4, 0.5) is 0 Å². The zero-order chi connectivity index (χ0) is 7.02. The van der Waals surface area contributed by atoms with E-state index in [1.165, 1.54) is 0 Å². The molecule has 1 heterocycles. The van der Waals surface area contributed by atoms with Gasteiger partial charge in [-0.25, -0.2) is 0 Å². The maximum Gasteiger partial charge on any atom is 0.323 e. The van der Waals surface area contributed by atoms with Gasteiger partial charge in [0, 0.05) is 5.92 Å². The van der Waals surface area contributed by atoms with Gasteiger partial charge >= 0.3 is 5.97 Å². The highest BCUT2D eigenvalue weighted by molar-refractivity contribution is 5.78. The Morgan fingerprint density at radius 1 is 1.56 bits per heavy atom. The average molecular weight is 129 g/mol. The summed E-state index contributed by atoms with van der Waals surface area (Å²) in [6.45, 7) is 3.77. The Labute approximate surface area is 54.2 Å². The highest BCUT2D eigenvalue weighted by atomic mass is 16.6. The number of cyclic esters (lactones) is 1. The summed E-state index contributed by atoms with van der Waals surface area (Å²) in [6, 6.07) is -0.403. The molecule has 9 heavy (non-hydrogen) atoms. The van der Waals surface area contributed by atoms with E-state index in [1.54, 1.807) is 0 Å². The van der Waals surface area contributed by atoms with Gasteiger partial charge in [0.25, 0.3) is 0 Å². The van der Waals surface area contributed by atoms with Gasteiger partial charge in [-0.1, -0.05) is 6.92 Å².